The summed E-state index contributed by atoms with van der Waals surface area (Å²) in [7, 11) is 0. The lowest BCUT2D eigenvalue weighted by atomic mass is 10.1. The Morgan fingerprint density at radius 2 is 1.86 bits per heavy atom. The quantitative estimate of drug-likeness (QED) is 0.529. The summed E-state index contributed by atoms with van der Waals surface area (Å²) in [6.07, 6.45) is 2.68. The van der Waals surface area contributed by atoms with E-state index in [1.165, 1.54) is 16.7 Å². The number of hydrogen-bond acceptors (Lipinski definition) is 7. The molecule has 192 valence electrons. The average Bonchev–Trinajstić information content (AvgIpc) is 3.55. The first-order valence-electron chi connectivity index (χ1n) is 12.5. The van der Waals surface area contributed by atoms with Gasteiger partial charge in [-0.05, 0) is 37.0 Å². The number of hydrogen-bond donors (Lipinski definition) is 2. The Morgan fingerprint density at radius 3 is 2.68 bits per heavy atom. The second-order valence-electron chi connectivity index (χ2n) is 9.07. The minimum absolute atomic E-state index is 0.0460. The van der Waals surface area contributed by atoms with Gasteiger partial charge in [-0.25, -0.2) is 9.89 Å². The van der Waals surface area contributed by atoms with Crippen molar-refractivity contribution in [3.8, 4) is 0 Å². The van der Waals surface area contributed by atoms with E-state index >= 15 is 0 Å². The van der Waals surface area contributed by atoms with Crippen LogP contribution < -0.4 is 10.6 Å². The number of carbonyl (C=O) groups is 3. The summed E-state index contributed by atoms with van der Waals surface area (Å²) in [4.78, 5) is 49.1. The van der Waals surface area contributed by atoms with Crippen LogP contribution >= 0.6 is 11.8 Å². The van der Waals surface area contributed by atoms with E-state index in [4.69, 9.17) is 4.74 Å². The van der Waals surface area contributed by atoms with Crippen LogP contribution in [0.2, 0.25) is 0 Å². The van der Waals surface area contributed by atoms with E-state index in [0.29, 0.717) is 36.2 Å². The van der Waals surface area contributed by atoms with Crippen molar-refractivity contribution in [3.63, 3.8) is 0 Å². The fraction of sp³-hybridized carbons (Fsp3) is 0.370. The number of amides is 3. The van der Waals surface area contributed by atoms with E-state index in [1.54, 1.807) is 0 Å². The number of thioether (sulfide) groups is 1. The highest BCUT2D eigenvalue weighted by molar-refractivity contribution is 8.14. The topological polar surface area (TPSA) is 112 Å². The maximum Gasteiger partial charge on any atom is 0.259 e. The number of nitrogens with zero attached hydrogens (tertiary/aromatic N) is 3. The Kier molecular flexibility index (Phi) is 7.96. The average molecular weight is 520 g/mol. The van der Waals surface area contributed by atoms with E-state index < -0.39 is 6.04 Å². The lowest BCUT2D eigenvalue weighted by molar-refractivity contribution is -0.128. The van der Waals surface area contributed by atoms with Gasteiger partial charge in [-0.3, -0.25) is 19.4 Å². The molecular weight excluding hydrogens is 490 g/mol. The van der Waals surface area contributed by atoms with E-state index in [2.05, 4.69) is 20.6 Å². The second kappa shape index (κ2) is 11.7. The number of carbonyl (C=O) groups excluding carboxylic acids is 3. The van der Waals surface area contributed by atoms with Crippen LogP contribution in [0.3, 0.4) is 0 Å². The highest BCUT2D eigenvalue weighted by atomic mass is 32.2. The SMILES string of the molecule is O=C(CSC1=Nc2ccccc2C2=N[C@@H](CC(=O)NCCc3ccccc3)C(=O)N12)NC[C@@H]1CCCO1. The number of benzene rings is 2. The molecular formula is C27H29N5O4S. The first kappa shape index (κ1) is 25.2. The van der Waals surface area contributed by atoms with Gasteiger partial charge >= 0.3 is 0 Å². The van der Waals surface area contributed by atoms with E-state index in [1.807, 2.05) is 54.6 Å². The van der Waals surface area contributed by atoms with Gasteiger partial charge in [0.1, 0.15) is 11.9 Å². The van der Waals surface area contributed by atoms with Crippen molar-refractivity contribution in [3.05, 3.63) is 65.7 Å². The van der Waals surface area contributed by atoms with Crippen LogP contribution in [0.4, 0.5) is 5.69 Å². The molecule has 37 heavy (non-hydrogen) atoms. The van der Waals surface area contributed by atoms with Crippen LogP contribution in [-0.2, 0) is 25.5 Å². The van der Waals surface area contributed by atoms with Crippen LogP contribution in [0.15, 0.2) is 64.6 Å². The summed E-state index contributed by atoms with van der Waals surface area (Å²) in [5.74, 6) is -0.114. The van der Waals surface area contributed by atoms with E-state index in [0.717, 1.165) is 30.6 Å². The van der Waals surface area contributed by atoms with Gasteiger partial charge < -0.3 is 15.4 Å². The van der Waals surface area contributed by atoms with Crippen molar-refractivity contribution >= 4 is 46.2 Å². The zero-order chi connectivity index (χ0) is 25.6. The number of aliphatic imine (C=N–C) groups is 2. The van der Waals surface area contributed by atoms with Gasteiger partial charge in [0, 0.05) is 25.3 Å². The Balaban J connectivity index is 1.21. The molecule has 0 spiro atoms. The molecule has 5 rings (SSSR count). The third kappa shape index (κ3) is 6.08. The molecule has 0 unspecified atom stereocenters. The zero-order valence-corrected chi connectivity index (χ0v) is 21.2. The number of ether oxygens (including phenoxy) is 1. The fourth-order valence-corrected chi connectivity index (χ4v) is 5.32. The highest BCUT2D eigenvalue weighted by Gasteiger charge is 2.42. The summed E-state index contributed by atoms with van der Waals surface area (Å²) in [6, 6.07) is 16.5. The molecule has 3 aliphatic rings. The molecule has 1 fully saturated rings. The summed E-state index contributed by atoms with van der Waals surface area (Å²) in [5.41, 5.74) is 2.54. The maximum atomic E-state index is 13.4. The predicted molar refractivity (Wildman–Crippen MR) is 143 cm³/mol. The van der Waals surface area contributed by atoms with Crippen LogP contribution in [-0.4, -0.2) is 71.2 Å². The van der Waals surface area contributed by atoms with Gasteiger partial charge in [0.15, 0.2) is 5.17 Å². The molecule has 0 radical (unpaired) electrons. The van der Waals surface area contributed by atoms with Crippen molar-refractivity contribution in [2.45, 2.75) is 37.8 Å². The van der Waals surface area contributed by atoms with Gasteiger partial charge in [0.2, 0.25) is 11.8 Å². The number of nitrogens with one attached hydrogen (secondary N) is 2. The minimum atomic E-state index is -0.836. The molecule has 0 aliphatic carbocycles. The van der Waals surface area contributed by atoms with Crippen molar-refractivity contribution in [2.75, 3.05) is 25.4 Å². The molecule has 9 nitrogen and oxygen atoms in total. The Morgan fingerprint density at radius 1 is 1.05 bits per heavy atom. The first-order chi connectivity index (χ1) is 18.1. The number of rotatable bonds is 9. The smallest absolute Gasteiger partial charge is 0.259 e. The second-order valence-corrected chi connectivity index (χ2v) is 10.0. The standard InChI is InChI=1S/C27H29N5O4S/c33-23(28-13-12-18-7-2-1-3-8-18)15-22-26(35)32-25(30-22)20-10-4-5-11-21(20)31-27(32)37-17-24(34)29-16-19-9-6-14-36-19/h1-5,7-8,10-11,19,22H,6,9,12-17H2,(H,28,33)(H,29,34)/t19-,22-/m0/s1. The van der Waals surface area contributed by atoms with Gasteiger partial charge in [-0.1, -0.05) is 54.2 Å². The lowest BCUT2D eigenvalue weighted by Crippen LogP contribution is -2.42. The molecule has 2 atom stereocenters. The maximum absolute atomic E-state index is 13.4. The first-order valence-corrected chi connectivity index (χ1v) is 13.5. The summed E-state index contributed by atoms with van der Waals surface area (Å²) >= 11 is 1.19. The largest absolute Gasteiger partial charge is 0.376 e. The number of amidine groups is 2. The molecule has 1 saturated heterocycles. The lowest BCUT2D eigenvalue weighted by Gasteiger charge is -2.25. The molecule has 0 saturated carbocycles. The van der Waals surface area contributed by atoms with Crippen molar-refractivity contribution in [1.82, 2.24) is 15.5 Å². The number of para-hydroxylation sites is 1. The Hall–Kier alpha value is -3.50. The molecule has 2 aromatic carbocycles. The summed E-state index contributed by atoms with van der Waals surface area (Å²) in [6.45, 7) is 1.69. The van der Waals surface area contributed by atoms with Crippen molar-refractivity contribution in [1.29, 1.82) is 0 Å². The van der Waals surface area contributed by atoms with Crippen LogP contribution in [0.5, 0.6) is 0 Å². The molecule has 2 N–H and O–H groups in total. The van der Waals surface area contributed by atoms with Crippen LogP contribution in [0.1, 0.15) is 30.4 Å². The van der Waals surface area contributed by atoms with E-state index in [9.17, 15) is 14.4 Å². The van der Waals surface area contributed by atoms with Crippen LogP contribution in [0.25, 0.3) is 0 Å². The molecule has 3 heterocycles. The summed E-state index contributed by atoms with van der Waals surface area (Å²) < 4.78 is 5.55. The third-order valence-corrected chi connectivity index (χ3v) is 7.33. The number of fused-ring (bicyclic) bond motifs is 3. The molecule has 0 aromatic heterocycles. The van der Waals surface area contributed by atoms with Gasteiger partial charge in [0.25, 0.3) is 5.91 Å². The van der Waals surface area contributed by atoms with Gasteiger partial charge in [0.05, 0.1) is 24.0 Å². The highest BCUT2D eigenvalue weighted by Crippen LogP contribution is 2.34. The molecule has 0 bridgehead atoms. The fourth-order valence-electron chi connectivity index (χ4n) is 4.48. The van der Waals surface area contributed by atoms with Gasteiger partial charge in [-0.15, -0.1) is 0 Å². The van der Waals surface area contributed by atoms with Crippen molar-refractivity contribution in [2.24, 2.45) is 9.98 Å². The molecule has 3 aliphatic heterocycles. The molecule has 2 aromatic rings. The van der Waals surface area contributed by atoms with Crippen LogP contribution in [0, 0.1) is 0 Å². The monoisotopic (exact) mass is 519 g/mol. The Bertz CT molecular complexity index is 1230. The predicted octanol–water partition coefficient (Wildman–Crippen LogP) is 2.42. The minimum Gasteiger partial charge on any atom is -0.376 e. The Labute approximate surface area is 219 Å². The van der Waals surface area contributed by atoms with Gasteiger partial charge in [-0.2, -0.15) is 0 Å². The normalized spacial score (nSPS) is 20.1. The van der Waals surface area contributed by atoms with Crippen molar-refractivity contribution < 1.29 is 19.1 Å². The summed E-state index contributed by atoms with van der Waals surface area (Å²) in [5, 5.41) is 6.17. The zero-order valence-electron chi connectivity index (χ0n) is 20.4. The van der Waals surface area contributed by atoms with E-state index in [-0.39, 0.29) is 36.0 Å². The third-order valence-electron chi connectivity index (χ3n) is 6.39. The molecule has 10 heteroatoms. The molecule has 3 amide bonds.